The van der Waals surface area contributed by atoms with E-state index in [2.05, 4.69) is 24.1 Å². The fraction of sp³-hybridized carbons (Fsp3) is 1.00. The van der Waals surface area contributed by atoms with Crippen LogP contribution < -0.4 is 5.32 Å². The fourth-order valence-corrected chi connectivity index (χ4v) is 3.77. The van der Waals surface area contributed by atoms with Gasteiger partial charge in [0.05, 0.1) is 0 Å². The minimum absolute atomic E-state index is 0.734. The van der Waals surface area contributed by atoms with E-state index in [-0.39, 0.29) is 0 Å². The zero-order valence-electron chi connectivity index (χ0n) is 11.8. The zero-order valence-corrected chi connectivity index (χ0v) is 11.8. The Balaban J connectivity index is 1.75. The number of fused-ring (bicyclic) bond motifs is 1. The molecule has 0 aromatic rings. The molecule has 1 aliphatic carbocycles. The third-order valence-electron chi connectivity index (χ3n) is 4.75. The first-order chi connectivity index (χ1) is 8.33. The molecule has 2 rings (SSSR count). The van der Waals surface area contributed by atoms with Crippen LogP contribution in [0.25, 0.3) is 0 Å². The lowest BCUT2D eigenvalue weighted by molar-refractivity contribution is 0.0744. The number of piperidine rings is 1. The summed E-state index contributed by atoms with van der Waals surface area (Å²) in [5, 5.41) is 3.62. The lowest BCUT2D eigenvalue weighted by Gasteiger charge is -2.41. The van der Waals surface area contributed by atoms with E-state index in [1.807, 2.05) is 0 Å². The maximum absolute atomic E-state index is 3.62. The van der Waals surface area contributed by atoms with Crippen LogP contribution in [0.4, 0.5) is 0 Å². The third kappa shape index (κ3) is 3.45. The molecule has 1 N–H and O–H groups in total. The molecule has 3 unspecified atom stereocenters. The predicted molar refractivity (Wildman–Crippen MR) is 74.3 cm³/mol. The second-order valence-corrected chi connectivity index (χ2v) is 6.05. The Kier molecular flexibility index (Phi) is 5.30. The van der Waals surface area contributed by atoms with Crippen molar-refractivity contribution in [3.8, 4) is 0 Å². The van der Waals surface area contributed by atoms with Gasteiger partial charge in [0.1, 0.15) is 0 Å². The van der Waals surface area contributed by atoms with Gasteiger partial charge in [-0.3, -0.25) is 4.90 Å². The Bertz CT molecular complexity index is 217. The SMILES string of the molecule is CCCCNCC(C)N1CCCC2CCCC21. The predicted octanol–water partition coefficient (Wildman–Crippen LogP) is 3.03. The minimum atomic E-state index is 0.734. The first kappa shape index (κ1) is 13.4. The molecule has 1 saturated heterocycles. The monoisotopic (exact) mass is 238 g/mol. The van der Waals surface area contributed by atoms with Crippen molar-refractivity contribution in [1.29, 1.82) is 0 Å². The Morgan fingerprint density at radius 1 is 1.24 bits per heavy atom. The van der Waals surface area contributed by atoms with Crippen LogP contribution in [0.3, 0.4) is 0 Å². The van der Waals surface area contributed by atoms with Gasteiger partial charge in [0.2, 0.25) is 0 Å². The van der Waals surface area contributed by atoms with Gasteiger partial charge < -0.3 is 5.32 Å². The lowest BCUT2D eigenvalue weighted by atomic mass is 9.91. The Morgan fingerprint density at radius 2 is 2.06 bits per heavy atom. The Labute approximate surface area is 107 Å². The van der Waals surface area contributed by atoms with E-state index in [0.717, 1.165) is 18.0 Å². The molecule has 2 heteroatoms. The first-order valence-corrected chi connectivity index (χ1v) is 7.79. The van der Waals surface area contributed by atoms with Gasteiger partial charge in [-0.15, -0.1) is 0 Å². The average Bonchev–Trinajstić information content (AvgIpc) is 2.82. The quantitative estimate of drug-likeness (QED) is 0.716. The minimum Gasteiger partial charge on any atom is -0.315 e. The molecule has 2 aliphatic rings. The lowest BCUT2D eigenvalue weighted by Crippen LogP contribution is -2.50. The van der Waals surface area contributed by atoms with Gasteiger partial charge in [-0.2, -0.15) is 0 Å². The molecule has 3 atom stereocenters. The number of hydrogen-bond acceptors (Lipinski definition) is 2. The van der Waals surface area contributed by atoms with E-state index >= 15 is 0 Å². The number of nitrogens with zero attached hydrogens (tertiary/aromatic N) is 1. The Morgan fingerprint density at radius 3 is 2.88 bits per heavy atom. The van der Waals surface area contributed by atoms with Crippen LogP contribution in [-0.4, -0.2) is 36.6 Å². The van der Waals surface area contributed by atoms with Gasteiger partial charge in [-0.25, -0.2) is 0 Å². The van der Waals surface area contributed by atoms with Crippen LogP contribution in [0.5, 0.6) is 0 Å². The third-order valence-corrected chi connectivity index (χ3v) is 4.75. The summed E-state index contributed by atoms with van der Waals surface area (Å²) in [6.45, 7) is 8.41. The van der Waals surface area contributed by atoms with Gasteiger partial charge in [0.25, 0.3) is 0 Å². The van der Waals surface area contributed by atoms with Crippen molar-refractivity contribution in [2.24, 2.45) is 5.92 Å². The smallest absolute Gasteiger partial charge is 0.0195 e. The highest BCUT2D eigenvalue weighted by molar-refractivity contribution is 4.91. The van der Waals surface area contributed by atoms with Gasteiger partial charge in [-0.1, -0.05) is 19.8 Å². The largest absolute Gasteiger partial charge is 0.315 e. The van der Waals surface area contributed by atoms with E-state index in [1.165, 1.54) is 64.6 Å². The number of hydrogen-bond donors (Lipinski definition) is 1. The van der Waals surface area contributed by atoms with Gasteiger partial charge in [-0.05, 0) is 58.0 Å². The second-order valence-electron chi connectivity index (χ2n) is 6.05. The average molecular weight is 238 g/mol. The summed E-state index contributed by atoms with van der Waals surface area (Å²) in [4.78, 5) is 2.81. The number of likely N-dealkylation sites (tertiary alicyclic amines) is 1. The zero-order chi connectivity index (χ0) is 12.1. The van der Waals surface area contributed by atoms with E-state index in [9.17, 15) is 0 Å². The molecule has 1 saturated carbocycles. The molecule has 0 aromatic carbocycles. The van der Waals surface area contributed by atoms with Crippen LogP contribution in [-0.2, 0) is 0 Å². The molecule has 17 heavy (non-hydrogen) atoms. The molecule has 2 nitrogen and oxygen atoms in total. The van der Waals surface area contributed by atoms with Crippen LogP contribution >= 0.6 is 0 Å². The van der Waals surface area contributed by atoms with E-state index in [0.29, 0.717) is 0 Å². The maximum Gasteiger partial charge on any atom is 0.0195 e. The van der Waals surface area contributed by atoms with Crippen molar-refractivity contribution < 1.29 is 0 Å². The molecule has 2 fully saturated rings. The Hall–Kier alpha value is -0.0800. The molecular formula is C15H30N2. The molecule has 1 aliphatic heterocycles. The molecule has 0 bridgehead atoms. The van der Waals surface area contributed by atoms with Crippen molar-refractivity contribution in [2.45, 2.75) is 70.9 Å². The van der Waals surface area contributed by atoms with Gasteiger partial charge in [0, 0.05) is 18.6 Å². The number of unbranched alkanes of at least 4 members (excludes halogenated alkanes) is 1. The summed E-state index contributed by atoms with van der Waals surface area (Å²) >= 11 is 0. The summed E-state index contributed by atoms with van der Waals surface area (Å²) in [5.74, 6) is 1.03. The molecular weight excluding hydrogens is 208 g/mol. The summed E-state index contributed by atoms with van der Waals surface area (Å²) in [6, 6.07) is 1.66. The van der Waals surface area contributed by atoms with Crippen molar-refractivity contribution in [1.82, 2.24) is 10.2 Å². The van der Waals surface area contributed by atoms with Crippen LogP contribution in [0, 0.1) is 5.92 Å². The van der Waals surface area contributed by atoms with Crippen molar-refractivity contribution >= 4 is 0 Å². The fourth-order valence-electron chi connectivity index (χ4n) is 3.77. The number of nitrogens with one attached hydrogen (secondary N) is 1. The maximum atomic E-state index is 3.62. The van der Waals surface area contributed by atoms with E-state index in [4.69, 9.17) is 0 Å². The topological polar surface area (TPSA) is 15.3 Å². The molecule has 1 heterocycles. The summed E-state index contributed by atoms with van der Waals surface area (Å²) in [7, 11) is 0. The van der Waals surface area contributed by atoms with Crippen molar-refractivity contribution in [3.63, 3.8) is 0 Å². The molecule has 0 radical (unpaired) electrons. The second kappa shape index (κ2) is 6.75. The number of rotatable bonds is 6. The van der Waals surface area contributed by atoms with Crippen LogP contribution in [0.2, 0.25) is 0 Å². The highest BCUT2D eigenvalue weighted by atomic mass is 15.2. The highest BCUT2D eigenvalue weighted by Crippen LogP contribution is 2.37. The normalized spacial score (nSPS) is 31.4. The summed E-state index contributed by atoms with van der Waals surface area (Å²) in [6.07, 6.45) is 9.98. The molecule has 100 valence electrons. The van der Waals surface area contributed by atoms with E-state index < -0.39 is 0 Å². The molecule has 0 amide bonds. The van der Waals surface area contributed by atoms with Gasteiger partial charge in [0.15, 0.2) is 0 Å². The van der Waals surface area contributed by atoms with Crippen LogP contribution in [0.1, 0.15) is 58.8 Å². The highest BCUT2D eigenvalue weighted by Gasteiger charge is 2.36. The standard InChI is InChI=1S/C15H30N2/c1-3-4-10-16-12-13(2)17-11-6-8-14-7-5-9-15(14)17/h13-16H,3-12H2,1-2H3. The van der Waals surface area contributed by atoms with E-state index in [1.54, 1.807) is 0 Å². The first-order valence-electron chi connectivity index (χ1n) is 7.79. The van der Waals surface area contributed by atoms with Crippen molar-refractivity contribution in [2.75, 3.05) is 19.6 Å². The summed E-state index contributed by atoms with van der Waals surface area (Å²) < 4.78 is 0. The van der Waals surface area contributed by atoms with Crippen molar-refractivity contribution in [3.05, 3.63) is 0 Å². The summed E-state index contributed by atoms with van der Waals surface area (Å²) in [5.41, 5.74) is 0. The molecule has 0 spiro atoms. The van der Waals surface area contributed by atoms with Gasteiger partial charge >= 0.3 is 0 Å². The molecule has 0 aromatic heterocycles. The van der Waals surface area contributed by atoms with Crippen LogP contribution in [0.15, 0.2) is 0 Å².